The molecule has 1 aliphatic heterocycles. The van der Waals surface area contributed by atoms with Crippen LogP contribution in [0.15, 0.2) is 16.7 Å². The fourth-order valence-corrected chi connectivity index (χ4v) is 2.85. The van der Waals surface area contributed by atoms with Crippen molar-refractivity contribution < 1.29 is 9.32 Å². The van der Waals surface area contributed by atoms with Crippen LogP contribution in [0.4, 0.5) is 0 Å². The lowest BCUT2D eigenvalue weighted by atomic mass is 10.2. The highest BCUT2D eigenvalue weighted by Gasteiger charge is 2.24. The number of aryl methyl sites for hydroxylation is 2. The zero-order valence-electron chi connectivity index (χ0n) is 13.7. The van der Waals surface area contributed by atoms with Gasteiger partial charge < -0.3 is 9.42 Å². The number of piperazine rings is 1. The molecule has 0 bridgehead atoms. The summed E-state index contributed by atoms with van der Waals surface area (Å²) < 4.78 is 5.25. The highest BCUT2D eigenvalue weighted by molar-refractivity contribution is 5.92. The third-order valence-corrected chi connectivity index (χ3v) is 4.09. The van der Waals surface area contributed by atoms with Gasteiger partial charge in [-0.2, -0.15) is 5.10 Å². The molecule has 1 aliphatic rings. The zero-order chi connectivity index (χ0) is 16.2. The molecular formula is C16H23N5O2. The molecule has 3 rings (SSSR count). The molecule has 2 aromatic rings. The Morgan fingerprint density at radius 3 is 2.74 bits per heavy atom. The Bertz CT molecular complexity index is 655. The third kappa shape index (κ3) is 3.79. The molecule has 0 aromatic carbocycles. The van der Waals surface area contributed by atoms with Crippen molar-refractivity contribution in [1.29, 1.82) is 0 Å². The molecule has 1 amide bonds. The maximum atomic E-state index is 12.5. The number of H-pyrrole nitrogens is 1. The summed E-state index contributed by atoms with van der Waals surface area (Å²) in [6, 6.07) is 3.83. The number of carbonyl (C=O) groups excluding carboxylic acids is 1. The van der Waals surface area contributed by atoms with Crippen molar-refractivity contribution in [3.8, 4) is 0 Å². The first-order valence-electron chi connectivity index (χ1n) is 8.14. The van der Waals surface area contributed by atoms with Crippen LogP contribution in [-0.2, 0) is 13.0 Å². The smallest absolute Gasteiger partial charge is 0.274 e. The molecule has 23 heavy (non-hydrogen) atoms. The van der Waals surface area contributed by atoms with Crippen LogP contribution in [0.3, 0.4) is 0 Å². The van der Waals surface area contributed by atoms with E-state index in [0.29, 0.717) is 18.8 Å². The summed E-state index contributed by atoms with van der Waals surface area (Å²) in [4.78, 5) is 16.6. The highest BCUT2D eigenvalue weighted by Crippen LogP contribution is 2.12. The number of aromatic amines is 1. The number of hydrogen-bond acceptors (Lipinski definition) is 5. The minimum atomic E-state index is 0.0127. The van der Waals surface area contributed by atoms with Crippen molar-refractivity contribution in [2.24, 2.45) is 0 Å². The Balaban J connectivity index is 1.52. The molecule has 2 aromatic heterocycles. The van der Waals surface area contributed by atoms with Gasteiger partial charge in [0.15, 0.2) is 5.76 Å². The second kappa shape index (κ2) is 6.95. The average Bonchev–Trinajstić information content (AvgIpc) is 3.17. The van der Waals surface area contributed by atoms with E-state index in [1.54, 1.807) is 0 Å². The van der Waals surface area contributed by atoms with Gasteiger partial charge in [0.2, 0.25) is 0 Å². The van der Waals surface area contributed by atoms with Crippen LogP contribution in [-0.4, -0.2) is 57.2 Å². The number of aromatic nitrogens is 3. The van der Waals surface area contributed by atoms with E-state index in [1.165, 1.54) is 0 Å². The van der Waals surface area contributed by atoms with Crippen molar-refractivity contribution in [2.75, 3.05) is 26.2 Å². The van der Waals surface area contributed by atoms with Crippen molar-refractivity contribution in [3.05, 3.63) is 35.0 Å². The Kier molecular flexibility index (Phi) is 4.76. The van der Waals surface area contributed by atoms with Gasteiger partial charge in [-0.3, -0.25) is 14.8 Å². The van der Waals surface area contributed by atoms with E-state index in [4.69, 9.17) is 4.52 Å². The summed E-state index contributed by atoms with van der Waals surface area (Å²) in [5, 5.41) is 11.0. The first-order chi connectivity index (χ1) is 11.2. The fraction of sp³-hybridized carbons (Fsp3) is 0.562. The maximum Gasteiger partial charge on any atom is 0.274 e. The SMILES string of the molecule is CCCc1cc(C(=O)N2CCN(Cc3cc(C)no3)CC2)n[nH]1. The lowest BCUT2D eigenvalue weighted by molar-refractivity contribution is 0.0611. The molecule has 7 heteroatoms. The number of hydrogen-bond donors (Lipinski definition) is 1. The molecule has 124 valence electrons. The van der Waals surface area contributed by atoms with Gasteiger partial charge in [0, 0.05) is 37.9 Å². The quantitative estimate of drug-likeness (QED) is 0.906. The lowest BCUT2D eigenvalue weighted by Crippen LogP contribution is -2.48. The van der Waals surface area contributed by atoms with Gasteiger partial charge in [0.25, 0.3) is 5.91 Å². The lowest BCUT2D eigenvalue weighted by Gasteiger charge is -2.33. The van der Waals surface area contributed by atoms with Gasteiger partial charge in [-0.25, -0.2) is 0 Å². The number of nitrogens with zero attached hydrogens (tertiary/aromatic N) is 4. The molecule has 0 aliphatic carbocycles. The summed E-state index contributed by atoms with van der Waals surface area (Å²) >= 11 is 0. The Labute approximate surface area is 135 Å². The Hall–Kier alpha value is -2.15. The molecule has 1 saturated heterocycles. The van der Waals surface area contributed by atoms with Crippen molar-refractivity contribution in [3.63, 3.8) is 0 Å². The molecule has 0 radical (unpaired) electrons. The molecular weight excluding hydrogens is 294 g/mol. The van der Waals surface area contributed by atoms with Crippen LogP contribution in [0.5, 0.6) is 0 Å². The molecule has 7 nitrogen and oxygen atoms in total. The first kappa shape index (κ1) is 15.7. The minimum absolute atomic E-state index is 0.0127. The van der Waals surface area contributed by atoms with E-state index in [-0.39, 0.29) is 5.91 Å². The Morgan fingerprint density at radius 2 is 2.09 bits per heavy atom. The standard InChI is InChI=1S/C16H23N5O2/c1-3-4-13-10-15(18-17-13)16(22)21-7-5-20(6-8-21)11-14-9-12(2)19-23-14/h9-10H,3-8,11H2,1-2H3,(H,17,18). The maximum absolute atomic E-state index is 12.5. The van der Waals surface area contributed by atoms with E-state index in [1.807, 2.05) is 24.0 Å². The second-order valence-corrected chi connectivity index (χ2v) is 6.03. The van der Waals surface area contributed by atoms with E-state index in [2.05, 4.69) is 27.2 Å². The van der Waals surface area contributed by atoms with Crippen LogP contribution in [0.2, 0.25) is 0 Å². The summed E-state index contributed by atoms with van der Waals surface area (Å²) in [6.07, 6.45) is 1.96. The summed E-state index contributed by atoms with van der Waals surface area (Å²) in [6.45, 7) is 7.85. The van der Waals surface area contributed by atoms with Crippen LogP contribution in [0.25, 0.3) is 0 Å². The number of rotatable bonds is 5. The van der Waals surface area contributed by atoms with Crippen LogP contribution in [0, 0.1) is 6.92 Å². The van der Waals surface area contributed by atoms with Crippen LogP contribution >= 0.6 is 0 Å². The van der Waals surface area contributed by atoms with Gasteiger partial charge in [-0.05, 0) is 19.4 Å². The van der Waals surface area contributed by atoms with E-state index in [0.717, 1.165) is 49.6 Å². The first-order valence-corrected chi connectivity index (χ1v) is 8.14. The number of amides is 1. The van der Waals surface area contributed by atoms with Crippen LogP contribution < -0.4 is 0 Å². The predicted octanol–water partition coefficient (Wildman–Crippen LogP) is 1.62. The molecule has 1 fully saturated rings. The predicted molar refractivity (Wildman–Crippen MR) is 85.0 cm³/mol. The van der Waals surface area contributed by atoms with E-state index < -0.39 is 0 Å². The van der Waals surface area contributed by atoms with Crippen molar-refractivity contribution >= 4 is 5.91 Å². The largest absolute Gasteiger partial charge is 0.360 e. The second-order valence-electron chi connectivity index (χ2n) is 6.03. The third-order valence-electron chi connectivity index (χ3n) is 4.09. The molecule has 0 unspecified atom stereocenters. The van der Waals surface area contributed by atoms with Gasteiger partial charge in [-0.1, -0.05) is 18.5 Å². The van der Waals surface area contributed by atoms with Gasteiger partial charge in [0.1, 0.15) is 5.69 Å². The zero-order valence-corrected chi connectivity index (χ0v) is 13.7. The van der Waals surface area contributed by atoms with Crippen LogP contribution in [0.1, 0.15) is 41.0 Å². The Morgan fingerprint density at radius 1 is 1.30 bits per heavy atom. The van der Waals surface area contributed by atoms with E-state index in [9.17, 15) is 4.79 Å². The van der Waals surface area contributed by atoms with Gasteiger partial charge in [-0.15, -0.1) is 0 Å². The van der Waals surface area contributed by atoms with Gasteiger partial charge >= 0.3 is 0 Å². The number of nitrogens with one attached hydrogen (secondary N) is 1. The monoisotopic (exact) mass is 317 g/mol. The molecule has 0 spiro atoms. The fourth-order valence-electron chi connectivity index (χ4n) is 2.85. The molecule has 1 N–H and O–H groups in total. The molecule has 3 heterocycles. The molecule has 0 atom stereocenters. The van der Waals surface area contributed by atoms with Crippen molar-refractivity contribution in [2.45, 2.75) is 33.2 Å². The number of carbonyl (C=O) groups is 1. The van der Waals surface area contributed by atoms with Crippen molar-refractivity contribution in [1.82, 2.24) is 25.2 Å². The summed E-state index contributed by atoms with van der Waals surface area (Å²) in [7, 11) is 0. The van der Waals surface area contributed by atoms with E-state index >= 15 is 0 Å². The normalized spacial score (nSPS) is 16.0. The summed E-state index contributed by atoms with van der Waals surface area (Å²) in [5.41, 5.74) is 2.44. The van der Waals surface area contributed by atoms with Gasteiger partial charge in [0.05, 0.1) is 12.2 Å². The minimum Gasteiger partial charge on any atom is -0.360 e. The highest BCUT2D eigenvalue weighted by atomic mass is 16.5. The topological polar surface area (TPSA) is 78.3 Å². The average molecular weight is 317 g/mol. The summed E-state index contributed by atoms with van der Waals surface area (Å²) in [5.74, 6) is 0.887. The molecule has 0 saturated carbocycles.